The van der Waals surface area contributed by atoms with E-state index in [0.29, 0.717) is 18.7 Å². The summed E-state index contributed by atoms with van der Waals surface area (Å²) < 4.78 is 5.41. The summed E-state index contributed by atoms with van der Waals surface area (Å²) in [4.78, 5) is 14.8. The van der Waals surface area contributed by atoms with Crippen LogP contribution in [0.2, 0.25) is 0 Å². The van der Waals surface area contributed by atoms with Crippen molar-refractivity contribution in [1.82, 2.24) is 0 Å². The molecule has 5 nitrogen and oxygen atoms in total. The number of ether oxygens (including phenoxy) is 1. The molecule has 0 spiro atoms. The lowest BCUT2D eigenvalue weighted by Crippen LogP contribution is -2.18. The van der Waals surface area contributed by atoms with Crippen LogP contribution < -0.4 is 10.5 Å². The van der Waals surface area contributed by atoms with Crippen LogP contribution in [0.3, 0.4) is 0 Å². The number of fused-ring (bicyclic) bond motifs is 1. The van der Waals surface area contributed by atoms with Gasteiger partial charge in [0.15, 0.2) is 0 Å². The Morgan fingerprint density at radius 3 is 3.07 bits per heavy atom. The van der Waals surface area contributed by atoms with Crippen molar-refractivity contribution in [3.8, 4) is 5.75 Å². The number of carbonyl (C=O) groups is 1. The van der Waals surface area contributed by atoms with Crippen molar-refractivity contribution in [2.24, 2.45) is 10.9 Å². The van der Waals surface area contributed by atoms with Crippen LogP contribution in [0.5, 0.6) is 5.75 Å². The normalized spacial score (nSPS) is 16.7. The van der Waals surface area contributed by atoms with E-state index in [0.717, 1.165) is 11.3 Å². The molecule has 0 aromatic heterocycles. The Hall–Kier alpha value is -2.04. The average molecular weight is 206 g/mol. The van der Waals surface area contributed by atoms with Crippen LogP contribution in [-0.4, -0.2) is 18.4 Å². The first-order valence-electron chi connectivity index (χ1n) is 4.53. The summed E-state index contributed by atoms with van der Waals surface area (Å²) in [7, 11) is 0. The molecule has 0 aliphatic carbocycles. The molecule has 5 heteroatoms. The van der Waals surface area contributed by atoms with Gasteiger partial charge in [0.25, 0.3) is 0 Å². The maximum atomic E-state index is 10.4. The van der Waals surface area contributed by atoms with E-state index < -0.39 is 6.09 Å². The first-order chi connectivity index (χ1) is 7.27. The van der Waals surface area contributed by atoms with Gasteiger partial charge in [-0.1, -0.05) is 17.3 Å². The second-order valence-electron chi connectivity index (χ2n) is 3.04. The highest BCUT2D eigenvalue weighted by Gasteiger charge is 2.16. The first kappa shape index (κ1) is 9.51. The third kappa shape index (κ3) is 2.07. The summed E-state index contributed by atoms with van der Waals surface area (Å²) in [6.07, 6.45) is -0.309. The van der Waals surface area contributed by atoms with Gasteiger partial charge in [0, 0.05) is 12.0 Å². The van der Waals surface area contributed by atoms with E-state index in [9.17, 15) is 4.79 Å². The van der Waals surface area contributed by atoms with Gasteiger partial charge in [0.2, 0.25) is 0 Å². The van der Waals surface area contributed by atoms with Gasteiger partial charge in [-0.3, -0.25) is 4.84 Å². The smallest absolute Gasteiger partial charge is 0.430 e. The maximum Gasteiger partial charge on any atom is 0.430 e. The SMILES string of the molecule is NC(=O)ON=C1CCOc2ccccc21. The number of oxime groups is 1. The molecule has 0 unspecified atom stereocenters. The van der Waals surface area contributed by atoms with Crippen molar-refractivity contribution in [2.75, 3.05) is 6.61 Å². The molecular formula is C10H10N2O3. The molecule has 0 saturated carbocycles. The zero-order valence-corrected chi connectivity index (χ0v) is 7.97. The second kappa shape index (κ2) is 4.00. The highest BCUT2D eigenvalue weighted by atomic mass is 16.7. The number of carbonyl (C=O) groups excluding carboxylic acids is 1. The number of nitrogens with two attached hydrogens (primary N) is 1. The van der Waals surface area contributed by atoms with Crippen molar-refractivity contribution in [3.05, 3.63) is 29.8 Å². The fourth-order valence-corrected chi connectivity index (χ4v) is 1.42. The monoisotopic (exact) mass is 206 g/mol. The molecule has 0 radical (unpaired) electrons. The minimum atomic E-state index is -0.911. The quantitative estimate of drug-likeness (QED) is 0.555. The van der Waals surface area contributed by atoms with Gasteiger partial charge in [-0.2, -0.15) is 0 Å². The van der Waals surface area contributed by atoms with E-state index in [1.54, 1.807) is 0 Å². The number of amides is 1. The molecule has 15 heavy (non-hydrogen) atoms. The van der Waals surface area contributed by atoms with Crippen LogP contribution in [-0.2, 0) is 4.84 Å². The lowest BCUT2D eigenvalue weighted by Gasteiger charge is -2.17. The zero-order valence-electron chi connectivity index (χ0n) is 7.97. The first-order valence-corrected chi connectivity index (χ1v) is 4.53. The van der Waals surface area contributed by atoms with Gasteiger partial charge in [-0.25, -0.2) is 4.79 Å². The number of nitrogens with zero attached hydrogens (tertiary/aromatic N) is 1. The van der Waals surface area contributed by atoms with Crippen LogP contribution >= 0.6 is 0 Å². The van der Waals surface area contributed by atoms with Gasteiger partial charge in [-0.05, 0) is 12.1 Å². The molecule has 1 aromatic rings. The Kier molecular flexibility index (Phi) is 2.53. The lowest BCUT2D eigenvalue weighted by molar-refractivity contribution is 0.161. The highest BCUT2D eigenvalue weighted by molar-refractivity contribution is 6.03. The minimum Gasteiger partial charge on any atom is -0.492 e. The highest BCUT2D eigenvalue weighted by Crippen LogP contribution is 2.24. The van der Waals surface area contributed by atoms with Gasteiger partial charge in [0.05, 0.1) is 12.3 Å². The topological polar surface area (TPSA) is 73.9 Å². The summed E-state index contributed by atoms with van der Waals surface area (Å²) in [5.74, 6) is 0.746. The molecule has 1 aromatic carbocycles. The van der Waals surface area contributed by atoms with Crippen molar-refractivity contribution >= 4 is 11.8 Å². The number of benzene rings is 1. The fraction of sp³-hybridized carbons (Fsp3) is 0.200. The second-order valence-corrected chi connectivity index (χ2v) is 3.04. The van der Waals surface area contributed by atoms with Crippen molar-refractivity contribution in [1.29, 1.82) is 0 Å². The molecule has 2 N–H and O–H groups in total. The number of para-hydroxylation sites is 1. The molecule has 0 atom stereocenters. The Morgan fingerprint density at radius 1 is 1.47 bits per heavy atom. The molecular weight excluding hydrogens is 196 g/mol. The van der Waals surface area contributed by atoms with E-state index in [4.69, 9.17) is 10.5 Å². The molecule has 0 bridgehead atoms. The van der Waals surface area contributed by atoms with Crippen molar-refractivity contribution < 1.29 is 14.4 Å². The Balaban J connectivity index is 2.29. The van der Waals surface area contributed by atoms with E-state index in [2.05, 4.69) is 9.99 Å². The third-order valence-corrected chi connectivity index (χ3v) is 2.04. The molecule has 1 aliphatic heterocycles. The Bertz CT molecular complexity index is 415. The van der Waals surface area contributed by atoms with E-state index in [1.807, 2.05) is 24.3 Å². The number of rotatable bonds is 1. The summed E-state index contributed by atoms with van der Waals surface area (Å²) >= 11 is 0. The predicted molar refractivity (Wildman–Crippen MR) is 53.8 cm³/mol. The zero-order chi connectivity index (χ0) is 10.7. The van der Waals surface area contributed by atoms with Crippen LogP contribution in [0.1, 0.15) is 12.0 Å². The molecule has 0 fully saturated rings. The molecule has 2 rings (SSSR count). The van der Waals surface area contributed by atoms with Gasteiger partial charge in [0.1, 0.15) is 5.75 Å². The number of primary amides is 1. The van der Waals surface area contributed by atoms with E-state index >= 15 is 0 Å². The molecule has 1 aliphatic rings. The van der Waals surface area contributed by atoms with Crippen LogP contribution in [0.25, 0.3) is 0 Å². The lowest BCUT2D eigenvalue weighted by atomic mass is 10.0. The van der Waals surface area contributed by atoms with Gasteiger partial charge in [-0.15, -0.1) is 0 Å². The van der Waals surface area contributed by atoms with E-state index in [1.165, 1.54) is 0 Å². The number of hydrogen-bond acceptors (Lipinski definition) is 4. The molecule has 0 saturated heterocycles. The average Bonchev–Trinajstić information content (AvgIpc) is 2.26. The van der Waals surface area contributed by atoms with Gasteiger partial charge >= 0.3 is 6.09 Å². The Morgan fingerprint density at radius 2 is 2.27 bits per heavy atom. The van der Waals surface area contributed by atoms with Crippen molar-refractivity contribution in [3.63, 3.8) is 0 Å². The minimum absolute atomic E-state index is 0.526. The van der Waals surface area contributed by atoms with Crippen LogP contribution in [0.4, 0.5) is 4.79 Å². The van der Waals surface area contributed by atoms with Crippen LogP contribution in [0, 0.1) is 0 Å². The summed E-state index contributed by atoms with van der Waals surface area (Å²) in [6.45, 7) is 0.526. The van der Waals surface area contributed by atoms with Gasteiger partial charge < -0.3 is 10.5 Å². The maximum absolute atomic E-state index is 10.4. The summed E-state index contributed by atoms with van der Waals surface area (Å²) in [6, 6.07) is 7.44. The fourth-order valence-electron chi connectivity index (χ4n) is 1.42. The largest absolute Gasteiger partial charge is 0.492 e. The molecule has 1 amide bonds. The molecule has 1 heterocycles. The molecule has 78 valence electrons. The van der Waals surface area contributed by atoms with Crippen molar-refractivity contribution in [2.45, 2.75) is 6.42 Å². The standard InChI is InChI=1S/C10H10N2O3/c11-10(13)15-12-8-5-6-14-9-4-2-1-3-7(8)9/h1-4H,5-6H2,(H2,11,13). The predicted octanol–water partition coefficient (Wildman–Crippen LogP) is 1.27. The summed E-state index contributed by atoms with van der Waals surface area (Å²) in [5.41, 5.74) is 6.34. The Labute approximate surface area is 86.5 Å². The summed E-state index contributed by atoms with van der Waals surface area (Å²) in [5, 5.41) is 3.69. The number of hydrogen-bond donors (Lipinski definition) is 1. The van der Waals surface area contributed by atoms with Crippen LogP contribution in [0.15, 0.2) is 29.4 Å². The van der Waals surface area contributed by atoms with E-state index in [-0.39, 0.29) is 0 Å². The third-order valence-electron chi connectivity index (χ3n) is 2.04.